The smallest absolute Gasteiger partial charge is 0.261 e. The lowest BCUT2D eigenvalue weighted by Gasteiger charge is -2.32. The monoisotopic (exact) mass is 546 g/mol. The summed E-state index contributed by atoms with van der Waals surface area (Å²) in [6.45, 7) is 4.39. The third-order valence-corrected chi connectivity index (χ3v) is 6.53. The summed E-state index contributed by atoms with van der Waals surface area (Å²) in [6, 6.07) is 20.9. The van der Waals surface area contributed by atoms with Gasteiger partial charge in [-0.25, -0.2) is 0 Å². The van der Waals surface area contributed by atoms with Crippen LogP contribution in [0.15, 0.2) is 72.8 Å². The van der Waals surface area contributed by atoms with Gasteiger partial charge in [-0.3, -0.25) is 9.59 Å². The summed E-state index contributed by atoms with van der Waals surface area (Å²) in [6.07, 6.45) is 0.337. The van der Waals surface area contributed by atoms with Gasteiger partial charge in [-0.15, -0.1) is 0 Å². The molecule has 1 unspecified atom stereocenters. The molecular weight excluding hydrogens is 519 g/mol. The number of nitrogens with zero attached hydrogens (tertiary/aromatic N) is 1. The Morgan fingerprint density at radius 1 is 0.861 bits per heavy atom. The van der Waals surface area contributed by atoms with Gasteiger partial charge >= 0.3 is 0 Å². The highest BCUT2D eigenvalue weighted by molar-refractivity contribution is 6.42. The second-order valence-corrected chi connectivity index (χ2v) is 10.1. The van der Waals surface area contributed by atoms with Crippen molar-refractivity contribution in [2.45, 2.75) is 32.9 Å². The third-order valence-electron chi connectivity index (χ3n) is 5.48. The van der Waals surface area contributed by atoms with E-state index in [2.05, 4.69) is 5.32 Å². The minimum absolute atomic E-state index is 0.147. The molecule has 0 aromatic heterocycles. The maximum absolute atomic E-state index is 13.6. The first-order valence-electron chi connectivity index (χ1n) is 11.7. The predicted octanol–water partition coefficient (Wildman–Crippen LogP) is 6.44. The van der Waals surface area contributed by atoms with E-state index in [4.69, 9.17) is 39.5 Å². The number of nitrogens with one attached hydrogen (secondary N) is 1. The van der Waals surface area contributed by atoms with Crippen LogP contribution in [-0.4, -0.2) is 35.9 Å². The maximum Gasteiger partial charge on any atom is 0.261 e. The van der Waals surface area contributed by atoms with Gasteiger partial charge in [-0.05, 0) is 41.3 Å². The molecule has 0 aliphatic carbocycles. The Kier molecular flexibility index (Phi) is 10.5. The summed E-state index contributed by atoms with van der Waals surface area (Å²) in [5.74, 6) is 0.0558. The Hall–Kier alpha value is -2.73. The highest BCUT2D eigenvalue weighted by Crippen LogP contribution is 2.25. The second kappa shape index (κ2) is 13.5. The van der Waals surface area contributed by atoms with Crippen molar-refractivity contribution < 1.29 is 14.3 Å². The number of rotatable bonds is 11. The molecule has 0 aliphatic heterocycles. The molecular formula is C28H29Cl3N2O3. The van der Waals surface area contributed by atoms with Gasteiger partial charge in [0.25, 0.3) is 5.91 Å². The summed E-state index contributed by atoms with van der Waals surface area (Å²) < 4.78 is 5.74. The van der Waals surface area contributed by atoms with Crippen LogP contribution in [0.25, 0.3) is 0 Å². The fourth-order valence-corrected chi connectivity index (χ4v) is 4.11. The van der Waals surface area contributed by atoms with Gasteiger partial charge in [0.2, 0.25) is 5.91 Å². The number of halogens is 3. The summed E-state index contributed by atoms with van der Waals surface area (Å²) in [7, 11) is 0. The Balaban J connectivity index is 1.93. The van der Waals surface area contributed by atoms with Crippen LogP contribution in [0, 0.1) is 5.92 Å². The zero-order valence-electron chi connectivity index (χ0n) is 20.2. The second-order valence-electron chi connectivity index (χ2n) is 8.83. The van der Waals surface area contributed by atoms with Crippen molar-refractivity contribution in [3.8, 4) is 5.75 Å². The molecule has 5 nitrogen and oxygen atoms in total. The molecule has 0 saturated carbocycles. The quantitative estimate of drug-likeness (QED) is 0.301. The van der Waals surface area contributed by atoms with Crippen molar-refractivity contribution in [2.24, 2.45) is 5.92 Å². The maximum atomic E-state index is 13.6. The largest absolute Gasteiger partial charge is 0.482 e. The molecule has 3 rings (SSSR count). The van der Waals surface area contributed by atoms with Gasteiger partial charge in [-0.2, -0.15) is 0 Å². The standard InChI is InChI=1S/C28H29Cl3N2O3/c1-19(2)16-32-28(35)25(15-20-8-4-3-5-9-20)33(17-21-12-13-22(29)24(31)14-21)27(34)18-36-26-11-7-6-10-23(26)30/h3-14,19,25H,15-18H2,1-2H3,(H,32,35). The Morgan fingerprint density at radius 2 is 1.56 bits per heavy atom. The molecule has 1 atom stereocenters. The average molecular weight is 548 g/mol. The average Bonchev–Trinajstić information content (AvgIpc) is 2.86. The van der Waals surface area contributed by atoms with Crippen molar-refractivity contribution in [1.82, 2.24) is 10.2 Å². The van der Waals surface area contributed by atoms with Crippen LogP contribution in [0.3, 0.4) is 0 Å². The number of carbonyl (C=O) groups is 2. The molecule has 36 heavy (non-hydrogen) atoms. The molecule has 8 heteroatoms. The van der Waals surface area contributed by atoms with Gasteiger partial charge in [0, 0.05) is 19.5 Å². The molecule has 3 aromatic carbocycles. The van der Waals surface area contributed by atoms with Gasteiger partial charge < -0.3 is 15.0 Å². The molecule has 0 spiro atoms. The van der Waals surface area contributed by atoms with E-state index in [1.165, 1.54) is 4.90 Å². The minimum Gasteiger partial charge on any atom is -0.482 e. The Bertz CT molecular complexity index is 1170. The summed E-state index contributed by atoms with van der Waals surface area (Å²) in [5.41, 5.74) is 1.67. The number of carbonyl (C=O) groups excluding carboxylic acids is 2. The van der Waals surface area contributed by atoms with Gasteiger partial charge in [0.05, 0.1) is 15.1 Å². The molecule has 2 amide bonds. The summed E-state index contributed by atoms with van der Waals surface area (Å²) in [5, 5.41) is 4.17. The van der Waals surface area contributed by atoms with Crippen LogP contribution < -0.4 is 10.1 Å². The number of amides is 2. The topological polar surface area (TPSA) is 58.6 Å². The van der Waals surface area contributed by atoms with Crippen LogP contribution in [0.2, 0.25) is 15.1 Å². The van der Waals surface area contributed by atoms with E-state index in [-0.39, 0.29) is 30.9 Å². The van der Waals surface area contributed by atoms with Gasteiger partial charge in [0.1, 0.15) is 11.8 Å². The zero-order chi connectivity index (χ0) is 26.1. The third kappa shape index (κ3) is 8.16. The molecule has 0 aliphatic rings. The van der Waals surface area contributed by atoms with E-state index in [1.807, 2.05) is 44.2 Å². The summed E-state index contributed by atoms with van der Waals surface area (Å²) >= 11 is 18.5. The first-order chi connectivity index (χ1) is 17.2. The highest BCUT2D eigenvalue weighted by atomic mass is 35.5. The zero-order valence-corrected chi connectivity index (χ0v) is 22.5. The number of benzene rings is 3. The van der Waals surface area contributed by atoms with Crippen LogP contribution >= 0.6 is 34.8 Å². The molecule has 190 valence electrons. The van der Waals surface area contributed by atoms with Crippen molar-refractivity contribution in [2.75, 3.05) is 13.2 Å². The van der Waals surface area contributed by atoms with Crippen LogP contribution in [-0.2, 0) is 22.6 Å². The molecule has 0 bridgehead atoms. The van der Waals surface area contributed by atoms with Crippen molar-refractivity contribution >= 4 is 46.6 Å². The van der Waals surface area contributed by atoms with E-state index in [0.29, 0.717) is 33.8 Å². The Morgan fingerprint density at radius 3 is 2.22 bits per heavy atom. The number of para-hydroxylation sites is 1. The van der Waals surface area contributed by atoms with E-state index >= 15 is 0 Å². The minimum atomic E-state index is -0.775. The Labute approximate surface area is 227 Å². The van der Waals surface area contributed by atoms with E-state index in [0.717, 1.165) is 11.1 Å². The molecule has 3 aromatic rings. The van der Waals surface area contributed by atoms with Crippen molar-refractivity contribution in [1.29, 1.82) is 0 Å². The van der Waals surface area contributed by atoms with Crippen molar-refractivity contribution in [3.05, 3.63) is 99.0 Å². The SMILES string of the molecule is CC(C)CNC(=O)C(Cc1ccccc1)N(Cc1ccc(Cl)c(Cl)c1)C(=O)COc1ccccc1Cl. The number of ether oxygens (including phenoxy) is 1. The lowest BCUT2D eigenvalue weighted by atomic mass is 10.0. The first kappa shape index (κ1) is 27.9. The van der Waals surface area contributed by atoms with Crippen LogP contribution in [0.1, 0.15) is 25.0 Å². The van der Waals surface area contributed by atoms with E-state index in [9.17, 15) is 9.59 Å². The first-order valence-corrected chi connectivity index (χ1v) is 12.8. The van der Waals surface area contributed by atoms with Crippen molar-refractivity contribution in [3.63, 3.8) is 0 Å². The number of hydrogen-bond acceptors (Lipinski definition) is 3. The van der Waals surface area contributed by atoms with Crippen LogP contribution in [0.4, 0.5) is 0 Å². The molecule has 0 fully saturated rings. The molecule has 1 N–H and O–H groups in total. The van der Waals surface area contributed by atoms with Crippen LogP contribution in [0.5, 0.6) is 5.75 Å². The molecule has 0 heterocycles. The lowest BCUT2D eigenvalue weighted by molar-refractivity contribution is -0.142. The normalized spacial score (nSPS) is 11.7. The van der Waals surface area contributed by atoms with E-state index in [1.54, 1.807) is 42.5 Å². The van der Waals surface area contributed by atoms with Gasteiger partial charge in [-0.1, -0.05) is 97.2 Å². The fraction of sp³-hybridized carbons (Fsp3) is 0.286. The lowest BCUT2D eigenvalue weighted by Crippen LogP contribution is -2.52. The molecule has 0 saturated heterocycles. The van der Waals surface area contributed by atoms with Gasteiger partial charge in [0.15, 0.2) is 6.61 Å². The van der Waals surface area contributed by atoms with E-state index < -0.39 is 6.04 Å². The summed E-state index contributed by atoms with van der Waals surface area (Å²) in [4.78, 5) is 28.5. The molecule has 0 radical (unpaired) electrons. The highest BCUT2D eigenvalue weighted by Gasteiger charge is 2.31. The fourth-order valence-electron chi connectivity index (χ4n) is 3.60. The predicted molar refractivity (Wildman–Crippen MR) is 146 cm³/mol. The number of hydrogen-bond donors (Lipinski definition) is 1.